The van der Waals surface area contributed by atoms with E-state index in [4.69, 9.17) is 4.74 Å². The normalized spacial score (nSPS) is 12.6. The van der Waals surface area contributed by atoms with Gasteiger partial charge < -0.3 is 20.3 Å². The van der Waals surface area contributed by atoms with Gasteiger partial charge in [-0.25, -0.2) is 0 Å². The molecule has 0 rings (SSSR count). The van der Waals surface area contributed by atoms with Gasteiger partial charge in [0.05, 0.1) is 25.4 Å². The Morgan fingerprint density at radius 1 is 0.429 bits per heavy atom. The van der Waals surface area contributed by atoms with Gasteiger partial charge in [-0.2, -0.15) is 0 Å². The number of unbranched alkanes of at least 4 members (excludes halogenated alkanes) is 36. The number of carbonyl (C=O) groups excluding carboxylic acids is 2. The van der Waals surface area contributed by atoms with Crippen molar-refractivity contribution >= 4 is 11.9 Å². The van der Waals surface area contributed by atoms with E-state index in [0.29, 0.717) is 25.9 Å². The second kappa shape index (κ2) is 46.5. The second-order valence-corrected chi connectivity index (χ2v) is 17.5. The SMILES string of the molecule is CCCCCCCCCCCCCCCC(=O)OCCCCCCCCCCCCCCCCCC(=O)NC(CO)C(O)CCCCCCCCCCCCC. The van der Waals surface area contributed by atoms with E-state index in [1.165, 1.54) is 205 Å². The van der Waals surface area contributed by atoms with Crippen molar-refractivity contribution < 1.29 is 24.5 Å². The summed E-state index contributed by atoms with van der Waals surface area (Å²) in [5, 5.41) is 23.1. The van der Waals surface area contributed by atoms with Crippen LogP contribution >= 0.6 is 0 Å². The highest BCUT2D eigenvalue weighted by molar-refractivity contribution is 5.76. The van der Waals surface area contributed by atoms with E-state index in [9.17, 15) is 19.8 Å². The van der Waals surface area contributed by atoms with E-state index < -0.39 is 12.1 Å². The van der Waals surface area contributed by atoms with Crippen LogP contribution in [0, 0.1) is 0 Å². The molecule has 334 valence electrons. The van der Waals surface area contributed by atoms with Gasteiger partial charge in [0.2, 0.25) is 5.91 Å². The third kappa shape index (κ3) is 42.5. The predicted octanol–water partition coefficient (Wildman–Crippen LogP) is 14.8. The van der Waals surface area contributed by atoms with E-state index in [2.05, 4.69) is 19.2 Å². The zero-order valence-corrected chi connectivity index (χ0v) is 37.9. The summed E-state index contributed by atoms with van der Waals surface area (Å²) in [6.07, 6.45) is 50.7. The standard InChI is InChI=1S/C50H99NO5/c1-3-5-7-9-11-13-15-19-24-28-32-36-40-44-50(55)56-45-41-37-33-29-25-21-18-16-17-20-23-27-31-35-39-43-49(54)51-47(46-52)48(53)42-38-34-30-26-22-14-12-10-8-6-4-2/h47-48,52-53H,3-46H2,1-2H3,(H,51,54). The number of carbonyl (C=O) groups is 2. The fraction of sp³-hybridized carbons (Fsp3) is 0.960. The van der Waals surface area contributed by atoms with Crippen LogP contribution in [0.1, 0.15) is 284 Å². The first-order chi connectivity index (χ1) is 27.5. The van der Waals surface area contributed by atoms with E-state index in [1.807, 2.05) is 0 Å². The Balaban J connectivity index is 3.40. The molecular formula is C50H99NO5. The number of esters is 1. The number of rotatable bonds is 47. The minimum absolute atomic E-state index is 0.00246. The molecule has 56 heavy (non-hydrogen) atoms. The van der Waals surface area contributed by atoms with Gasteiger partial charge in [0.1, 0.15) is 0 Å². The number of aliphatic hydroxyl groups excluding tert-OH is 2. The van der Waals surface area contributed by atoms with Crippen LogP contribution < -0.4 is 5.32 Å². The molecule has 6 heteroatoms. The van der Waals surface area contributed by atoms with Crippen molar-refractivity contribution in [3.8, 4) is 0 Å². The van der Waals surface area contributed by atoms with Gasteiger partial charge in [0.25, 0.3) is 0 Å². The predicted molar refractivity (Wildman–Crippen MR) is 241 cm³/mol. The Bertz CT molecular complexity index is 791. The third-order valence-corrected chi connectivity index (χ3v) is 11.9. The summed E-state index contributed by atoms with van der Waals surface area (Å²) in [5.74, 6) is -0.0409. The Labute approximate surface area is 349 Å². The van der Waals surface area contributed by atoms with Crippen LogP contribution in [0.15, 0.2) is 0 Å². The van der Waals surface area contributed by atoms with E-state index in [0.717, 1.165) is 44.9 Å². The Morgan fingerprint density at radius 3 is 1.09 bits per heavy atom. The molecule has 0 heterocycles. The molecule has 0 aromatic heterocycles. The van der Waals surface area contributed by atoms with Crippen molar-refractivity contribution in [1.29, 1.82) is 0 Å². The lowest BCUT2D eigenvalue weighted by molar-refractivity contribution is -0.143. The number of nitrogens with one attached hydrogen (secondary N) is 1. The van der Waals surface area contributed by atoms with Crippen molar-refractivity contribution in [3.05, 3.63) is 0 Å². The monoisotopic (exact) mass is 794 g/mol. The molecule has 0 radical (unpaired) electrons. The average molecular weight is 794 g/mol. The molecule has 0 saturated carbocycles. The molecule has 0 aliphatic rings. The van der Waals surface area contributed by atoms with Crippen LogP contribution in [0.25, 0.3) is 0 Å². The first-order valence-electron chi connectivity index (χ1n) is 25.3. The van der Waals surface area contributed by atoms with Crippen LogP contribution in [0.5, 0.6) is 0 Å². The number of amides is 1. The summed E-state index contributed by atoms with van der Waals surface area (Å²) < 4.78 is 5.46. The van der Waals surface area contributed by atoms with Crippen molar-refractivity contribution in [1.82, 2.24) is 5.32 Å². The largest absolute Gasteiger partial charge is 0.466 e. The van der Waals surface area contributed by atoms with Crippen LogP contribution in [0.3, 0.4) is 0 Å². The fourth-order valence-corrected chi connectivity index (χ4v) is 7.99. The molecule has 1 amide bonds. The molecular weight excluding hydrogens is 695 g/mol. The molecule has 2 atom stereocenters. The Morgan fingerprint density at radius 2 is 0.732 bits per heavy atom. The zero-order valence-electron chi connectivity index (χ0n) is 37.9. The van der Waals surface area contributed by atoms with Gasteiger partial charge in [-0.1, -0.05) is 245 Å². The molecule has 0 aliphatic carbocycles. The highest BCUT2D eigenvalue weighted by Crippen LogP contribution is 2.17. The number of aliphatic hydroxyl groups is 2. The summed E-state index contributed by atoms with van der Waals surface area (Å²) in [4.78, 5) is 24.4. The fourth-order valence-electron chi connectivity index (χ4n) is 7.99. The topological polar surface area (TPSA) is 95.9 Å². The van der Waals surface area contributed by atoms with Gasteiger partial charge >= 0.3 is 5.97 Å². The molecule has 0 fully saturated rings. The van der Waals surface area contributed by atoms with Crippen LogP contribution in [-0.2, 0) is 14.3 Å². The lowest BCUT2D eigenvalue weighted by atomic mass is 10.0. The first kappa shape index (κ1) is 54.9. The smallest absolute Gasteiger partial charge is 0.305 e. The molecule has 3 N–H and O–H groups in total. The summed E-state index contributed by atoms with van der Waals surface area (Å²) in [6, 6.07) is -0.544. The van der Waals surface area contributed by atoms with Gasteiger partial charge in [0.15, 0.2) is 0 Å². The van der Waals surface area contributed by atoms with Crippen LogP contribution in [0.4, 0.5) is 0 Å². The van der Waals surface area contributed by atoms with Gasteiger partial charge in [-0.3, -0.25) is 9.59 Å². The molecule has 0 spiro atoms. The van der Waals surface area contributed by atoms with Crippen LogP contribution in [0.2, 0.25) is 0 Å². The number of hydrogen-bond donors (Lipinski definition) is 3. The zero-order chi connectivity index (χ0) is 40.8. The van der Waals surface area contributed by atoms with Crippen molar-refractivity contribution in [2.24, 2.45) is 0 Å². The van der Waals surface area contributed by atoms with E-state index in [-0.39, 0.29) is 18.5 Å². The summed E-state index contributed by atoms with van der Waals surface area (Å²) in [5.41, 5.74) is 0. The van der Waals surface area contributed by atoms with Crippen molar-refractivity contribution in [2.45, 2.75) is 296 Å². The highest BCUT2D eigenvalue weighted by atomic mass is 16.5. The van der Waals surface area contributed by atoms with Gasteiger partial charge in [-0.05, 0) is 25.7 Å². The Hall–Kier alpha value is -1.14. The summed E-state index contributed by atoms with van der Waals surface area (Å²) in [7, 11) is 0. The van der Waals surface area contributed by atoms with Crippen molar-refractivity contribution in [2.75, 3.05) is 13.2 Å². The summed E-state index contributed by atoms with van der Waals surface area (Å²) in [6.45, 7) is 4.93. The minimum Gasteiger partial charge on any atom is -0.466 e. The minimum atomic E-state index is -0.666. The molecule has 0 aliphatic heterocycles. The van der Waals surface area contributed by atoms with E-state index in [1.54, 1.807) is 0 Å². The quantitative estimate of drug-likeness (QED) is 0.0421. The summed E-state index contributed by atoms with van der Waals surface area (Å²) >= 11 is 0. The third-order valence-electron chi connectivity index (χ3n) is 11.9. The molecule has 0 saturated heterocycles. The van der Waals surface area contributed by atoms with Gasteiger partial charge in [0, 0.05) is 12.8 Å². The molecule has 6 nitrogen and oxygen atoms in total. The van der Waals surface area contributed by atoms with E-state index >= 15 is 0 Å². The molecule has 0 aromatic rings. The first-order valence-corrected chi connectivity index (χ1v) is 25.3. The van der Waals surface area contributed by atoms with Crippen LogP contribution in [-0.4, -0.2) is 47.4 Å². The molecule has 0 aromatic carbocycles. The molecule has 2 unspecified atom stereocenters. The number of ether oxygens (including phenoxy) is 1. The lowest BCUT2D eigenvalue weighted by Crippen LogP contribution is -2.45. The van der Waals surface area contributed by atoms with Crippen molar-refractivity contribution in [3.63, 3.8) is 0 Å². The second-order valence-electron chi connectivity index (χ2n) is 17.5. The Kier molecular flexibility index (Phi) is 45.6. The molecule has 0 bridgehead atoms. The maximum Gasteiger partial charge on any atom is 0.305 e. The highest BCUT2D eigenvalue weighted by Gasteiger charge is 2.20. The maximum atomic E-state index is 12.4. The lowest BCUT2D eigenvalue weighted by Gasteiger charge is -2.22. The van der Waals surface area contributed by atoms with Gasteiger partial charge in [-0.15, -0.1) is 0 Å². The number of hydrogen-bond acceptors (Lipinski definition) is 5. The maximum absolute atomic E-state index is 12.4. The average Bonchev–Trinajstić information content (AvgIpc) is 3.20.